The van der Waals surface area contributed by atoms with Crippen molar-refractivity contribution in [1.29, 1.82) is 0 Å². The van der Waals surface area contributed by atoms with E-state index in [0.29, 0.717) is 41.8 Å². The summed E-state index contributed by atoms with van der Waals surface area (Å²) >= 11 is 0. The maximum absolute atomic E-state index is 13.1. The second-order valence-corrected chi connectivity index (χ2v) is 13.2. The number of nitrogens with zero attached hydrogens (tertiary/aromatic N) is 1. The Morgan fingerprint density at radius 1 is 1.11 bits per heavy atom. The van der Waals surface area contributed by atoms with E-state index in [-0.39, 0.29) is 17.9 Å². The lowest BCUT2D eigenvalue weighted by Crippen LogP contribution is -2.60. The average Bonchev–Trinajstić information content (AvgIpc) is 3.08. The Hall–Kier alpha value is -2.14. The molecule has 188 valence electrons. The van der Waals surface area contributed by atoms with Gasteiger partial charge in [-0.1, -0.05) is 45.4 Å². The number of allylic oxidation sites excluding steroid dienone is 1. The van der Waals surface area contributed by atoms with Crippen LogP contribution < -0.4 is 10.6 Å². The minimum Gasteiger partial charge on any atom is -0.329 e. The van der Waals surface area contributed by atoms with Crippen molar-refractivity contribution in [2.24, 2.45) is 16.7 Å². The Labute approximate surface area is 210 Å². The van der Waals surface area contributed by atoms with Crippen LogP contribution in [-0.4, -0.2) is 34.8 Å². The molecule has 6 rings (SSSR count). The Morgan fingerprint density at radius 3 is 2.63 bits per heavy atom. The number of amides is 2. The maximum atomic E-state index is 13.1. The standard InChI is InChI=1S/C30H41N3O2/c1-19-8-11-26(27(34)31-19)33-16-22-13-20(9-10-24(22)28(33)35)12-21-6-4-5-7-25(21)32-23-14-30(15-23)17-29(2,3)18-30/h9-10,13,21,23,25-26,32H,1,4-8,11-12,14-18H2,2-3H3,(H,31,34)/t21-,25+,26?/m1/s1. The fraction of sp³-hybridized carbons (Fsp3) is 0.667. The van der Waals surface area contributed by atoms with Crippen LogP contribution in [0.1, 0.15) is 99.5 Å². The lowest BCUT2D eigenvalue weighted by molar-refractivity contribution is -0.126. The molecule has 3 saturated carbocycles. The summed E-state index contributed by atoms with van der Waals surface area (Å²) in [5.74, 6) is 0.566. The molecule has 1 unspecified atom stereocenters. The third kappa shape index (κ3) is 4.34. The molecular formula is C30H41N3O2. The summed E-state index contributed by atoms with van der Waals surface area (Å²) in [6.45, 7) is 9.24. The van der Waals surface area contributed by atoms with Crippen molar-refractivity contribution in [3.63, 3.8) is 0 Å². The van der Waals surface area contributed by atoms with Gasteiger partial charge in [0.05, 0.1) is 0 Å². The molecular weight excluding hydrogens is 434 g/mol. The normalized spacial score (nSPS) is 31.7. The quantitative estimate of drug-likeness (QED) is 0.623. The van der Waals surface area contributed by atoms with Crippen LogP contribution in [0.15, 0.2) is 30.5 Å². The van der Waals surface area contributed by atoms with Gasteiger partial charge in [-0.15, -0.1) is 0 Å². The van der Waals surface area contributed by atoms with Crippen LogP contribution in [-0.2, 0) is 17.8 Å². The molecule has 1 saturated heterocycles. The largest absolute Gasteiger partial charge is 0.329 e. The number of carbonyl (C=O) groups is 2. The van der Waals surface area contributed by atoms with Crippen molar-refractivity contribution in [1.82, 2.24) is 15.5 Å². The fourth-order valence-corrected chi connectivity index (χ4v) is 8.48. The predicted molar refractivity (Wildman–Crippen MR) is 138 cm³/mol. The monoisotopic (exact) mass is 475 g/mol. The lowest BCUT2D eigenvalue weighted by Gasteiger charge is -2.62. The van der Waals surface area contributed by atoms with Crippen LogP contribution in [0.2, 0.25) is 0 Å². The number of piperidine rings is 1. The summed E-state index contributed by atoms with van der Waals surface area (Å²) in [5.41, 5.74) is 5.17. The molecule has 0 radical (unpaired) electrons. The third-order valence-corrected chi connectivity index (χ3v) is 9.62. The highest BCUT2D eigenvalue weighted by molar-refractivity contribution is 6.01. The van der Waals surface area contributed by atoms with E-state index in [2.05, 4.69) is 43.2 Å². The van der Waals surface area contributed by atoms with Crippen LogP contribution in [0.5, 0.6) is 0 Å². The summed E-state index contributed by atoms with van der Waals surface area (Å²) < 4.78 is 0. The van der Waals surface area contributed by atoms with E-state index < -0.39 is 0 Å². The predicted octanol–water partition coefficient (Wildman–Crippen LogP) is 5.09. The fourth-order valence-electron chi connectivity index (χ4n) is 8.48. The Bertz CT molecular complexity index is 1040. The summed E-state index contributed by atoms with van der Waals surface area (Å²) in [6, 6.07) is 7.34. The number of fused-ring (bicyclic) bond motifs is 1. The number of nitrogens with one attached hydrogen (secondary N) is 2. The van der Waals surface area contributed by atoms with Crippen LogP contribution in [0.4, 0.5) is 0 Å². The maximum Gasteiger partial charge on any atom is 0.255 e. The van der Waals surface area contributed by atoms with Gasteiger partial charge in [-0.25, -0.2) is 0 Å². The second-order valence-electron chi connectivity index (χ2n) is 13.2. The van der Waals surface area contributed by atoms with Crippen molar-refractivity contribution in [2.45, 2.75) is 109 Å². The zero-order valence-corrected chi connectivity index (χ0v) is 21.5. The number of carbonyl (C=O) groups excluding carboxylic acids is 2. The van der Waals surface area contributed by atoms with Gasteiger partial charge < -0.3 is 15.5 Å². The molecule has 3 aliphatic carbocycles. The first kappa shape index (κ1) is 23.3. The van der Waals surface area contributed by atoms with Gasteiger partial charge in [0.25, 0.3) is 5.91 Å². The van der Waals surface area contributed by atoms with Crippen molar-refractivity contribution >= 4 is 11.8 Å². The minimum absolute atomic E-state index is 0.00509. The zero-order valence-electron chi connectivity index (χ0n) is 21.5. The second kappa shape index (κ2) is 8.47. The molecule has 5 heteroatoms. The first-order valence-electron chi connectivity index (χ1n) is 13.9. The Morgan fingerprint density at radius 2 is 1.89 bits per heavy atom. The molecule has 2 amide bonds. The molecule has 1 spiro atoms. The average molecular weight is 476 g/mol. The van der Waals surface area contributed by atoms with Gasteiger partial charge in [-0.3, -0.25) is 9.59 Å². The van der Waals surface area contributed by atoms with Gasteiger partial charge in [-0.2, -0.15) is 0 Å². The van der Waals surface area contributed by atoms with Crippen LogP contribution in [0, 0.1) is 16.7 Å². The van der Waals surface area contributed by atoms with E-state index >= 15 is 0 Å². The van der Waals surface area contributed by atoms with Gasteiger partial charge in [0.2, 0.25) is 5.91 Å². The summed E-state index contributed by atoms with van der Waals surface area (Å²) in [4.78, 5) is 27.3. The molecule has 5 aliphatic rings. The molecule has 1 aromatic carbocycles. The van der Waals surface area contributed by atoms with Crippen molar-refractivity contribution in [3.05, 3.63) is 47.2 Å². The van der Waals surface area contributed by atoms with Crippen molar-refractivity contribution < 1.29 is 9.59 Å². The molecule has 35 heavy (non-hydrogen) atoms. The first-order valence-corrected chi connectivity index (χ1v) is 13.9. The van der Waals surface area contributed by atoms with Gasteiger partial charge in [0, 0.05) is 29.9 Å². The van der Waals surface area contributed by atoms with Gasteiger partial charge in [0.1, 0.15) is 6.04 Å². The summed E-state index contributed by atoms with van der Waals surface area (Å²) in [6.07, 6.45) is 13.3. The highest BCUT2D eigenvalue weighted by Crippen LogP contribution is 2.64. The molecule has 0 aromatic heterocycles. The first-order chi connectivity index (χ1) is 16.7. The summed E-state index contributed by atoms with van der Waals surface area (Å²) in [5, 5.41) is 6.91. The molecule has 0 bridgehead atoms. The van der Waals surface area contributed by atoms with Gasteiger partial charge in [0.15, 0.2) is 0 Å². The molecule has 2 heterocycles. The van der Waals surface area contributed by atoms with E-state index in [0.717, 1.165) is 29.7 Å². The number of benzene rings is 1. The molecule has 3 atom stereocenters. The van der Waals surface area contributed by atoms with Crippen LogP contribution >= 0.6 is 0 Å². The molecule has 4 fully saturated rings. The van der Waals surface area contributed by atoms with Crippen molar-refractivity contribution in [3.8, 4) is 0 Å². The van der Waals surface area contributed by atoms with Crippen LogP contribution in [0.3, 0.4) is 0 Å². The molecule has 5 nitrogen and oxygen atoms in total. The van der Waals surface area contributed by atoms with Gasteiger partial charge in [-0.05, 0) is 91.7 Å². The van der Waals surface area contributed by atoms with E-state index in [1.807, 2.05) is 6.07 Å². The Kier molecular flexibility index (Phi) is 5.63. The van der Waals surface area contributed by atoms with E-state index in [9.17, 15) is 9.59 Å². The van der Waals surface area contributed by atoms with E-state index in [1.54, 1.807) is 4.90 Å². The lowest BCUT2D eigenvalue weighted by atomic mass is 9.45. The Balaban J connectivity index is 1.09. The number of hydrogen-bond acceptors (Lipinski definition) is 3. The van der Waals surface area contributed by atoms with Crippen LogP contribution in [0.25, 0.3) is 0 Å². The third-order valence-electron chi connectivity index (χ3n) is 9.62. The minimum atomic E-state index is -0.386. The highest BCUT2D eigenvalue weighted by atomic mass is 16.2. The zero-order chi connectivity index (χ0) is 24.4. The van der Waals surface area contributed by atoms with Gasteiger partial charge >= 0.3 is 0 Å². The number of hydrogen-bond donors (Lipinski definition) is 2. The number of rotatable bonds is 5. The highest BCUT2D eigenvalue weighted by Gasteiger charge is 2.56. The van der Waals surface area contributed by atoms with E-state index in [4.69, 9.17) is 0 Å². The van der Waals surface area contributed by atoms with E-state index in [1.165, 1.54) is 56.9 Å². The molecule has 2 aliphatic heterocycles. The molecule has 2 N–H and O–H groups in total. The SMILES string of the molecule is C=C1CCC(N2Cc3cc(C[C@H]4CCCC[C@@H]4NC4CC5(C4)CC(C)(C)C5)ccc3C2=O)C(=O)N1. The topological polar surface area (TPSA) is 61.4 Å². The van der Waals surface area contributed by atoms with Crippen molar-refractivity contribution in [2.75, 3.05) is 0 Å². The molecule has 1 aromatic rings. The summed E-state index contributed by atoms with van der Waals surface area (Å²) in [7, 11) is 0. The smallest absolute Gasteiger partial charge is 0.255 e.